The van der Waals surface area contributed by atoms with E-state index in [1.165, 1.54) is 5.56 Å². The van der Waals surface area contributed by atoms with Gasteiger partial charge in [0.1, 0.15) is 5.75 Å². The maximum Gasteiger partial charge on any atom is 0.278 e. The largest absolute Gasteiger partial charge is 0.497 e. The quantitative estimate of drug-likeness (QED) is 0.343. The first-order valence-corrected chi connectivity index (χ1v) is 11.5. The average Bonchev–Trinajstić information content (AvgIpc) is 3.30. The van der Waals surface area contributed by atoms with Crippen molar-refractivity contribution in [3.8, 4) is 28.5 Å². The topological polar surface area (TPSA) is 67.6 Å². The molecule has 0 aliphatic rings. The number of benzene rings is 3. The SMILES string of the molecule is COc1ccc(NC(=O)c2nc(-c3ccc(C(C)(C)C)cc3)oc2-c2cccc(N(C)C)c2)cc1. The van der Waals surface area contributed by atoms with E-state index in [-0.39, 0.29) is 17.0 Å². The molecule has 3 aromatic carbocycles. The molecule has 1 amide bonds. The van der Waals surface area contributed by atoms with Gasteiger partial charge in [-0.1, -0.05) is 45.0 Å². The van der Waals surface area contributed by atoms with Crippen LogP contribution < -0.4 is 15.0 Å². The normalized spacial score (nSPS) is 11.3. The zero-order valence-corrected chi connectivity index (χ0v) is 21.0. The Balaban J connectivity index is 1.75. The molecular formula is C29H31N3O3. The molecule has 1 heterocycles. The van der Waals surface area contributed by atoms with Gasteiger partial charge in [0.25, 0.3) is 5.91 Å². The third-order valence-corrected chi connectivity index (χ3v) is 5.81. The van der Waals surface area contributed by atoms with E-state index in [1.807, 2.05) is 55.4 Å². The van der Waals surface area contributed by atoms with Gasteiger partial charge in [-0.2, -0.15) is 0 Å². The Hall–Kier alpha value is -4.06. The number of hydrogen-bond acceptors (Lipinski definition) is 5. The number of oxazole rings is 1. The van der Waals surface area contributed by atoms with Crippen LogP contribution in [0.1, 0.15) is 36.8 Å². The molecule has 4 aromatic rings. The molecule has 1 aromatic heterocycles. The summed E-state index contributed by atoms with van der Waals surface area (Å²) in [5, 5.41) is 2.92. The van der Waals surface area contributed by atoms with Gasteiger partial charge in [-0.3, -0.25) is 4.79 Å². The third-order valence-electron chi connectivity index (χ3n) is 5.81. The van der Waals surface area contributed by atoms with E-state index in [2.05, 4.69) is 43.2 Å². The molecule has 35 heavy (non-hydrogen) atoms. The smallest absolute Gasteiger partial charge is 0.278 e. The Morgan fingerprint density at radius 1 is 0.943 bits per heavy atom. The van der Waals surface area contributed by atoms with Crippen molar-refractivity contribution in [1.82, 2.24) is 4.98 Å². The van der Waals surface area contributed by atoms with Crippen LogP contribution in [0.15, 0.2) is 77.2 Å². The van der Waals surface area contributed by atoms with Gasteiger partial charge in [0.05, 0.1) is 7.11 Å². The molecular weight excluding hydrogens is 438 g/mol. The Bertz CT molecular complexity index is 1310. The van der Waals surface area contributed by atoms with Crippen LogP contribution in [-0.2, 0) is 5.41 Å². The lowest BCUT2D eigenvalue weighted by Crippen LogP contribution is -2.13. The molecule has 0 unspecified atom stereocenters. The summed E-state index contributed by atoms with van der Waals surface area (Å²) in [4.78, 5) is 20.0. The van der Waals surface area contributed by atoms with Gasteiger partial charge in [0.2, 0.25) is 5.89 Å². The molecule has 0 fully saturated rings. The number of rotatable bonds is 6. The lowest BCUT2D eigenvalue weighted by Gasteiger charge is -2.18. The summed E-state index contributed by atoms with van der Waals surface area (Å²) in [6.07, 6.45) is 0. The number of carbonyl (C=O) groups is 1. The Morgan fingerprint density at radius 2 is 1.63 bits per heavy atom. The first kappa shape index (κ1) is 24.1. The maximum atomic E-state index is 13.3. The van der Waals surface area contributed by atoms with E-state index < -0.39 is 0 Å². The van der Waals surface area contributed by atoms with Gasteiger partial charge >= 0.3 is 0 Å². The number of amides is 1. The van der Waals surface area contributed by atoms with Crippen molar-refractivity contribution in [1.29, 1.82) is 0 Å². The molecule has 6 heteroatoms. The van der Waals surface area contributed by atoms with Crippen LogP contribution in [0.3, 0.4) is 0 Å². The lowest BCUT2D eigenvalue weighted by molar-refractivity contribution is 0.102. The second-order valence-corrected chi connectivity index (χ2v) is 9.65. The minimum Gasteiger partial charge on any atom is -0.497 e. The van der Waals surface area contributed by atoms with Gasteiger partial charge in [-0.15, -0.1) is 0 Å². The maximum absolute atomic E-state index is 13.3. The summed E-state index contributed by atoms with van der Waals surface area (Å²) in [5.41, 5.74) is 4.71. The first-order valence-electron chi connectivity index (χ1n) is 11.5. The monoisotopic (exact) mass is 469 g/mol. The van der Waals surface area contributed by atoms with Crippen LogP contribution >= 0.6 is 0 Å². The Morgan fingerprint density at radius 3 is 2.23 bits per heavy atom. The van der Waals surface area contributed by atoms with Crippen molar-refractivity contribution in [2.24, 2.45) is 0 Å². The van der Waals surface area contributed by atoms with E-state index in [9.17, 15) is 4.79 Å². The summed E-state index contributed by atoms with van der Waals surface area (Å²) in [6, 6.07) is 23.1. The number of anilines is 2. The summed E-state index contributed by atoms with van der Waals surface area (Å²) >= 11 is 0. The van der Waals surface area contributed by atoms with Crippen LogP contribution in [0, 0.1) is 0 Å². The highest BCUT2D eigenvalue weighted by Gasteiger charge is 2.23. The van der Waals surface area contributed by atoms with Gasteiger partial charge in [0, 0.05) is 36.6 Å². The molecule has 0 saturated heterocycles. The van der Waals surface area contributed by atoms with Crippen molar-refractivity contribution >= 4 is 17.3 Å². The number of aromatic nitrogens is 1. The molecule has 0 radical (unpaired) electrons. The summed E-state index contributed by atoms with van der Waals surface area (Å²) in [5.74, 6) is 1.19. The molecule has 0 spiro atoms. The standard InChI is InChI=1S/C29H31N3O3/c1-29(2,3)21-12-10-19(11-13-21)28-31-25(27(33)30-22-14-16-24(34-6)17-15-22)26(35-28)20-8-7-9-23(18-20)32(4)5/h7-18H,1-6H3,(H,30,33). The predicted octanol–water partition coefficient (Wildman–Crippen LogP) is 6.63. The van der Waals surface area contributed by atoms with E-state index in [1.54, 1.807) is 31.4 Å². The van der Waals surface area contributed by atoms with Crippen molar-refractivity contribution in [3.05, 3.63) is 84.1 Å². The molecule has 1 N–H and O–H groups in total. The zero-order valence-electron chi connectivity index (χ0n) is 21.0. The van der Waals surface area contributed by atoms with Crippen LogP contribution in [-0.4, -0.2) is 32.1 Å². The number of hydrogen-bond donors (Lipinski definition) is 1. The molecule has 0 aliphatic heterocycles. The zero-order chi connectivity index (χ0) is 25.2. The van der Waals surface area contributed by atoms with Crippen molar-refractivity contribution < 1.29 is 13.9 Å². The molecule has 0 aliphatic carbocycles. The van der Waals surface area contributed by atoms with Crippen molar-refractivity contribution in [2.75, 3.05) is 31.4 Å². The minimum atomic E-state index is -0.346. The number of methoxy groups -OCH3 is 1. The number of carbonyl (C=O) groups excluding carboxylic acids is 1. The van der Waals surface area contributed by atoms with Gasteiger partial charge in [0.15, 0.2) is 11.5 Å². The van der Waals surface area contributed by atoms with E-state index >= 15 is 0 Å². The molecule has 6 nitrogen and oxygen atoms in total. The van der Waals surface area contributed by atoms with Crippen LogP contribution in [0.4, 0.5) is 11.4 Å². The molecule has 4 rings (SSSR count). The second-order valence-electron chi connectivity index (χ2n) is 9.65. The summed E-state index contributed by atoms with van der Waals surface area (Å²) < 4.78 is 11.4. The van der Waals surface area contributed by atoms with E-state index in [0.29, 0.717) is 23.1 Å². The highest BCUT2D eigenvalue weighted by molar-refractivity contribution is 6.07. The summed E-state index contributed by atoms with van der Waals surface area (Å²) in [7, 11) is 5.55. The molecule has 0 bridgehead atoms. The van der Waals surface area contributed by atoms with Gasteiger partial charge < -0.3 is 19.4 Å². The average molecular weight is 470 g/mol. The number of nitrogens with one attached hydrogen (secondary N) is 1. The van der Waals surface area contributed by atoms with E-state index in [4.69, 9.17) is 9.15 Å². The predicted molar refractivity (Wildman–Crippen MR) is 141 cm³/mol. The fourth-order valence-electron chi connectivity index (χ4n) is 3.70. The third kappa shape index (κ3) is 5.38. The summed E-state index contributed by atoms with van der Waals surface area (Å²) in [6.45, 7) is 6.51. The van der Waals surface area contributed by atoms with E-state index in [0.717, 1.165) is 16.8 Å². The highest BCUT2D eigenvalue weighted by atomic mass is 16.5. The van der Waals surface area contributed by atoms with Crippen LogP contribution in [0.5, 0.6) is 5.75 Å². The van der Waals surface area contributed by atoms with Crippen LogP contribution in [0.2, 0.25) is 0 Å². The van der Waals surface area contributed by atoms with Crippen molar-refractivity contribution in [3.63, 3.8) is 0 Å². The molecule has 0 saturated carbocycles. The lowest BCUT2D eigenvalue weighted by atomic mass is 9.87. The fourth-order valence-corrected chi connectivity index (χ4v) is 3.70. The highest BCUT2D eigenvalue weighted by Crippen LogP contribution is 2.33. The van der Waals surface area contributed by atoms with Gasteiger partial charge in [-0.25, -0.2) is 4.98 Å². The molecule has 180 valence electrons. The van der Waals surface area contributed by atoms with Crippen LogP contribution in [0.25, 0.3) is 22.8 Å². The Kier molecular flexibility index (Phi) is 6.65. The van der Waals surface area contributed by atoms with Crippen molar-refractivity contribution in [2.45, 2.75) is 26.2 Å². The Labute approximate surface area is 206 Å². The minimum absolute atomic E-state index is 0.0380. The first-order chi connectivity index (χ1) is 16.7. The second kappa shape index (κ2) is 9.66. The number of ether oxygens (including phenoxy) is 1. The van der Waals surface area contributed by atoms with Gasteiger partial charge in [-0.05, 0) is 59.5 Å². The fraction of sp³-hybridized carbons (Fsp3) is 0.241. The number of nitrogens with zero attached hydrogens (tertiary/aromatic N) is 2. The molecule has 0 atom stereocenters.